The number of nitrogens with zero attached hydrogens (tertiary/aromatic N) is 1. The van der Waals surface area contributed by atoms with Crippen LogP contribution in [-0.4, -0.2) is 4.98 Å². The van der Waals surface area contributed by atoms with E-state index >= 15 is 0 Å². The predicted octanol–water partition coefficient (Wildman–Crippen LogP) is 8.34. The number of hydrogen-bond donors (Lipinski definition) is 0. The van der Waals surface area contributed by atoms with Crippen molar-refractivity contribution in [3.8, 4) is 11.1 Å². The minimum Gasteiger partial charge on any atom is -0.260 e. The van der Waals surface area contributed by atoms with E-state index in [0.29, 0.717) is 5.92 Å². The number of pyridine rings is 1. The Hall–Kier alpha value is -1.63. The lowest BCUT2D eigenvalue weighted by Gasteiger charge is -2.28. The number of unbranched alkanes of at least 4 members (excludes halogenated alkanes) is 4. The first-order valence-electron chi connectivity index (χ1n) is 11.9. The van der Waals surface area contributed by atoms with E-state index in [1.54, 1.807) is 0 Å². The highest BCUT2D eigenvalue weighted by Crippen LogP contribution is 2.37. The molecular formula is C27H39N. The first-order chi connectivity index (χ1) is 13.8. The van der Waals surface area contributed by atoms with E-state index in [9.17, 15) is 0 Å². The average Bonchev–Trinajstić information content (AvgIpc) is 2.76. The maximum atomic E-state index is 4.86. The first kappa shape index (κ1) is 21.1. The Kier molecular flexibility index (Phi) is 8.58. The maximum absolute atomic E-state index is 4.86. The zero-order valence-corrected chi connectivity index (χ0v) is 18.1. The van der Waals surface area contributed by atoms with Crippen LogP contribution in [0.2, 0.25) is 0 Å². The van der Waals surface area contributed by atoms with Gasteiger partial charge in [0.1, 0.15) is 0 Å². The van der Waals surface area contributed by atoms with E-state index in [0.717, 1.165) is 5.92 Å². The second-order valence-electron chi connectivity index (χ2n) is 8.84. The van der Waals surface area contributed by atoms with Gasteiger partial charge < -0.3 is 0 Å². The third-order valence-electron chi connectivity index (χ3n) is 6.62. The molecule has 1 heterocycles. The van der Waals surface area contributed by atoms with E-state index < -0.39 is 0 Å². The fraction of sp³-hybridized carbons (Fsp3) is 0.593. The second-order valence-corrected chi connectivity index (χ2v) is 8.84. The SMILES string of the molecule is CCCCCC[C@H]1CC[C@H](c2ccc(-c3ccc(CCCC)cc3)cn2)CC1. The Morgan fingerprint density at radius 2 is 1.46 bits per heavy atom. The van der Waals surface area contributed by atoms with Gasteiger partial charge in [-0.15, -0.1) is 0 Å². The Morgan fingerprint density at radius 3 is 2.11 bits per heavy atom. The van der Waals surface area contributed by atoms with Gasteiger partial charge in [0.2, 0.25) is 0 Å². The van der Waals surface area contributed by atoms with Crippen LogP contribution in [0.5, 0.6) is 0 Å². The zero-order chi connectivity index (χ0) is 19.6. The minimum atomic E-state index is 0.678. The number of rotatable bonds is 10. The van der Waals surface area contributed by atoms with Crippen LogP contribution in [0.25, 0.3) is 11.1 Å². The van der Waals surface area contributed by atoms with Gasteiger partial charge in [0, 0.05) is 23.4 Å². The summed E-state index contributed by atoms with van der Waals surface area (Å²) in [6.07, 6.45) is 18.4. The van der Waals surface area contributed by atoms with Crippen molar-refractivity contribution in [2.24, 2.45) is 5.92 Å². The molecule has 152 valence electrons. The van der Waals surface area contributed by atoms with Crippen LogP contribution in [0.4, 0.5) is 0 Å². The summed E-state index contributed by atoms with van der Waals surface area (Å²) in [6.45, 7) is 4.55. The van der Waals surface area contributed by atoms with Crippen LogP contribution in [-0.2, 0) is 6.42 Å². The number of aromatic nitrogens is 1. The number of aryl methyl sites for hydroxylation is 1. The molecule has 1 aromatic carbocycles. The summed E-state index contributed by atoms with van der Waals surface area (Å²) in [5.41, 5.74) is 5.29. The summed E-state index contributed by atoms with van der Waals surface area (Å²) >= 11 is 0. The van der Waals surface area contributed by atoms with Crippen molar-refractivity contribution in [2.75, 3.05) is 0 Å². The summed E-state index contributed by atoms with van der Waals surface area (Å²) in [5.74, 6) is 1.65. The van der Waals surface area contributed by atoms with E-state index in [2.05, 4.69) is 56.4 Å². The summed E-state index contributed by atoms with van der Waals surface area (Å²) in [7, 11) is 0. The van der Waals surface area contributed by atoms with E-state index in [1.807, 2.05) is 0 Å². The molecule has 28 heavy (non-hydrogen) atoms. The summed E-state index contributed by atoms with van der Waals surface area (Å²) in [5, 5.41) is 0. The van der Waals surface area contributed by atoms with Crippen LogP contribution in [0.3, 0.4) is 0 Å². The second kappa shape index (κ2) is 11.4. The van der Waals surface area contributed by atoms with Crippen LogP contribution in [0.1, 0.15) is 102 Å². The molecule has 0 radical (unpaired) electrons. The lowest BCUT2D eigenvalue weighted by atomic mass is 9.78. The molecule has 1 fully saturated rings. The molecule has 0 saturated heterocycles. The molecule has 1 aliphatic rings. The van der Waals surface area contributed by atoms with E-state index in [-0.39, 0.29) is 0 Å². The molecule has 1 aromatic heterocycles. The quantitative estimate of drug-likeness (QED) is 0.379. The molecule has 0 spiro atoms. The zero-order valence-electron chi connectivity index (χ0n) is 18.1. The molecule has 2 aromatic rings. The first-order valence-corrected chi connectivity index (χ1v) is 11.9. The van der Waals surface area contributed by atoms with Crippen LogP contribution in [0, 0.1) is 5.92 Å². The standard InChI is InChI=1S/C27H39N/c1-3-5-7-8-10-23-13-17-25(18-14-23)27-20-19-26(21-28-27)24-15-11-22(12-16-24)9-6-4-2/h11-12,15-16,19-21,23,25H,3-10,13-14,17-18H2,1-2H3/t23-,25-. The smallest absolute Gasteiger partial charge is 0.0434 e. The summed E-state index contributed by atoms with van der Waals surface area (Å²) in [4.78, 5) is 4.86. The highest BCUT2D eigenvalue weighted by Gasteiger charge is 2.22. The molecule has 1 heteroatoms. The Balaban J connectivity index is 1.49. The third-order valence-corrected chi connectivity index (χ3v) is 6.62. The normalized spacial score (nSPS) is 19.6. The molecule has 1 aliphatic carbocycles. The topological polar surface area (TPSA) is 12.9 Å². The van der Waals surface area contributed by atoms with E-state index in [4.69, 9.17) is 4.98 Å². The van der Waals surface area contributed by atoms with Crippen molar-refractivity contribution in [3.63, 3.8) is 0 Å². The largest absolute Gasteiger partial charge is 0.260 e. The maximum Gasteiger partial charge on any atom is 0.0434 e. The van der Waals surface area contributed by atoms with Gasteiger partial charge in [0.25, 0.3) is 0 Å². The van der Waals surface area contributed by atoms with Gasteiger partial charge in [-0.2, -0.15) is 0 Å². The Morgan fingerprint density at radius 1 is 0.750 bits per heavy atom. The molecule has 0 bridgehead atoms. The Labute approximate surface area is 173 Å². The molecule has 0 amide bonds. The monoisotopic (exact) mass is 377 g/mol. The highest BCUT2D eigenvalue weighted by atomic mass is 14.7. The third kappa shape index (κ3) is 6.19. The molecule has 3 rings (SSSR count). The van der Waals surface area contributed by atoms with Crippen molar-refractivity contribution in [2.45, 2.75) is 96.8 Å². The minimum absolute atomic E-state index is 0.678. The molecular weight excluding hydrogens is 338 g/mol. The van der Waals surface area contributed by atoms with Crippen LogP contribution in [0.15, 0.2) is 42.6 Å². The molecule has 0 aliphatic heterocycles. The number of hydrogen-bond acceptors (Lipinski definition) is 1. The molecule has 0 unspecified atom stereocenters. The fourth-order valence-corrected chi connectivity index (χ4v) is 4.67. The Bertz CT molecular complexity index is 662. The summed E-state index contributed by atoms with van der Waals surface area (Å²) < 4.78 is 0. The number of benzene rings is 1. The molecule has 0 atom stereocenters. The van der Waals surface area contributed by atoms with Gasteiger partial charge in [-0.3, -0.25) is 4.98 Å². The van der Waals surface area contributed by atoms with Crippen LogP contribution >= 0.6 is 0 Å². The van der Waals surface area contributed by atoms with Gasteiger partial charge in [-0.25, -0.2) is 0 Å². The van der Waals surface area contributed by atoms with Crippen molar-refractivity contribution >= 4 is 0 Å². The molecule has 1 nitrogen and oxygen atoms in total. The van der Waals surface area contributed by atoms with Crippen LogP contribution < -0.4 is 0 Å². The molecule has 0 N–H and O–H groups in total. The van der Waals surface area contributed by atoms with Gasteiger partial charge in [0.15, 0.2) is 0 Å². The highest BCUT2D eigenvalue weighted by molar-refractivity contribution is 5.62. The predicted molar refractivity (Wildman–Crippen MR) is 122 cm³/mol. The molecule has 1 saturated carbocycles. The van der Waals surface area contributed by atoms with Gasteiger partial charge in [0.05, 0.1) is 0 Å². The van der Waals surface area contributed by atoms with Gasteiger partial charge in [-0.05, 0) is 61.6 Å². The van der Waals surface area contributed by atoms with Crippen molar-refractivity contribution < 1.29 is 0 Å². The van der Waals surface area contributed by atoms with Gasteiger partial charge >= 0.3 is 0 Å². The van der Waals surface area contributed by atoms with E-state index in [1.165, 1.54) is 99.4 Å². The fourth-order valence-electron chi connectivity index (χ4n) is 4.67. The van der Waals surface area contributed by atoms with Gasteiger partial charge in [-0.1, -0.05) is 82.7 Å². The lowest BCUT2D eigenvalue weighted by molar-refractivity contribution is 0.299. The summed E-state index contributed by atoms with van der Waals surface area (Å²) in [6, 6.07) is 13.6. The van der Waals surface area contributed by atoms with Crippen molar-refractivity contribution in [3.05, 3.63) is 53.9 Å². The average molecular weight is 378 g/mol. The van der Waals surface area contributed by atoms with Crippen molar-refractivity contribution in [1.82, 2.24) is 4.98 Å². The lowest BCUT2D eigenvalue weighted by Crippen LogP contribution is -2.14. The van der Waals surface area contributed by atoms with Crippen molar-refractivity contribution in [1.29, 1.82) is 0 Å².